The number of ether oxygens (including phenoxy) is 1. The van der Waals surface area contributed by atoms with Crippen LogP contribution in [0.4, 0.5) is 0 Å². The third kappa shape index (κ3) is 10.4. The first-order valence-electron chi connectivity index (χ1n) is 18.8. The molecule has 1 amide bonds. The summed E-state index contributed by atoms with van der Waals surface area (Å²) in [7, 11) is -0.572. The molecular formula is C37H60BN5O7. The number of hydrogen-bond acceptors (Lipinski definition) is 8. The van der Waals surface area contributed by atoms with E-state index in [2.05, 4.69) is 51.9 Å². The second-order valence-corrected chi connectivity index (χ2v) is 15.9. The van der Waals surface area contributed by atoms with Crippen LogP contribution in [0, 0.1) is 39.2 Å². The highest BCUT2D eigenvalue weighted by Gasteiger charge is 2.68. The summed E-state index contributed by atoms with van der Waals surface area (Å²) in [5.41, 5.74) is 8.07. The largest absolute Gasteiger partial charge is 0.494 e. The van der Waals surface area contributed by atoms with E-state index in [0.717, 1.165) is 37.0 Å². The number of nitrogens with two attached hydrogens (primary N) is 1. The van der Waals surface area contributed by atoms with Crippen LogP contribution in [0.15, 0.2) is 29.3 Å². The summed E-state index contributed by atoms with van der Waals surface area (Å²) >= 11 is 0. The molecule has 3 saturated carbocycles. The summed E-state index contributed by atoms with van der Waals surface area (Å²) < 4.78 is 19.2. The van der Waals surface area contributed by atoms with Crippen LogP contribution >= 0.6 is 0 Å². The maximum absolute atomic E-state index is 14.0. The molecule has 13 heteroatoms. The fraction of sp³-hybridized carbons (Fsp3) is 0.757. The van der Waals surface area contributed by atoms with Gasteiger partial charge in [-0.1, -0.05) is 77.9 Å². The van der Waals surface area contributed by atoms with Gasteiger partial charge in [0, 0.05) is 25.3 Å². The standard InChI is InChI=1S/C37H60BN5O7/c1-7-8-9-10-11-19-48-30-16-14-26(15-17-30)21-29(44)22-27(13-12-18-40-35(39)42-43(46)47)34(45)41-33(20-25(2)3)38-49-32-24-28-23-31(36(28,4)5)37(32,6)50-38/h14-17,25,27-28,31-33H,7-13,18-24H2,1-6H3,(H,41,45)(H3,39,40,42)/t27-,28+,31+,32-,33+,37+/m1/s1. The van der Waals surface area contributed by atoms with E-state index in [1.165, 1.54) is 19.3 Å². The topological polar surface area (TPSA) is 167 Å². The van der Waals surface area contributed by atoms with Crippen LogP contribution in [0.3, 0.4) is 0 Å². The number of aliphatic imine (C=N–C) groups is 1. The van der Waals surface area contributed by atoms with Crippen molar-refractivity contribution in [1.82, 2.24) is 10.7 Å². The maximum Gasteiger partial charge on any atom is 0.481 e. The molecule has 4 fully saturated rings. The predicted octanol–water partition coefficient (Wildman–Crippen LogP) is 5.83. The molecule has 12 nitrogen and oxygen atoms in total. The van der Waals surface area contributed by atoms with Crippen LogP contribution in [0.2, 0.25) is 0 Å². The average Bonchev–Trinajstić information content (AvgIpc) is 3.41. The predicted molar refractivity (Wildman–Crippen MR) is 195 cm³/mol. The Hall–Kier alpha value is -3.19. The Morgan fingerprint density at radius 3 is 2.50 bits per heavy atom. The molecule has 278 valence electrons. The molecule has 3 aliphatic carbocycles. The van der Waals surface area contributed by atoms with E-state index in [-0.39, 0.29) is 60.4 Å². The van der Waals surface area contributed by atoms with Gasteiger partial charge in [-0.15, -0.1) is 0 Å². The molecule has 1 saturated heterocycles. The lowest BCUT2D eigenvalue weighted by Gasteiger charge is -2.64. The highest BCUT2D eigenvalue weighted by Crippen LogP contribution is 2.65. The lowest BCUT2D eigenvalue weighted by atomic mass is 9.43. The molecule has 1 aliphatic heterocycles. The van der Waals surface area contributed by atoms with Gasteiger partial charge in [0.25, 0.3) is 5.96 Å². The van der Waals surface area contributed by atoms with E-state index >= 15 is 0 Å². The summed E-state index contributed by atoms with van der Waals surface area (Å²) in [6.07, 6.45) is 9.62. The number of unbranched alkanes of at least 4 members (excludes halogenated alkanes) is 4. The molecule has 1 heterocycles. The van der Waals surface area contributed by atoms with Crippen molar-refractivity contribution < 1.29 is 28.7 Å². The van der Waals surface area contributed by atoms with Crippen LogP contribution in [-0.2, 0) is 25.3 Å². The fourth-order valence-corrected chi connectivity index (χ4v) is 8.28. The summed E-state index contributed by atoms with van der Waals surface area (Å²) in [4.78, 5) is 42.1. The second-order valence-electron chi connectivity index (χ2n) is 15.9. The van der Waals surface area contributed by atoms with E-state index in [9.17, 15) is 19.7 Å². The Labute approximate surface area is 298 Å². The lowest BCUT2D eigenvalue weighted by Crippen LogP contribution is -2.65. The number of amides is 1. The molecule has 4 aliphatic rings. The molecule has 50 heavy (non-hydrogen) atoms. The normalized spacial score (nSPS) is 25.0. The highest BCUT2D eigenvalue weighted by molar-refractivity contribution is 6.47. The second kappa shape index (κ2) is 17.8. The van der Waals surface area contributed by atoms with Crippen molar-refractivity contribution in [3.8, 4) is 5.75 Å². The monoisotopic (exact) mass is 697 g/mol. The first kappa shape index (κ1) is 39.6. The van der Waals surface area contributed by atoms with E-state index in [4.69, 9.17) is 19.8 Å². The summed E-state index contributed by atoms with van der Waals surface area (Å²) in [6.45, 7) is 14.1. The SMILES string of the molecule is CCCCCCCOc1ccc(CC(=O)C[C@@H](CCCN=C(N)N[N+](=O)[O-])C(=O)N[C@@H](CC(C)C)B2O[C@@H]3C[C@@H]4C[C@@H](C4(C)C)[C@]3(C)O2)cc1. The number of nitrogens with zero attached hydrogens (tertiary/aromatic N) is 2. The van der Waals surface area contributed by atoms with E-state index in [0.29, 0.717) is 37.7 Å². The van der Waals surface area contributed by atoms with Crippen molar-refractivity contribution in [2.45, 2.75) is 136 Å². The van der Waals surface area contributed by atoms with Crippen LogP contribution in [0.25, 0.3) is 0 Å². The molecule has 5 rings (SSSR count). The Morgan fingerprint density at radius 2 is 1.84 bits per heavy atom. The molecule has 0 radical (unpaired) electrons. The molecule has 0 spiro atoms. The summed E-state index contributed by atoms with van der Waals surface area (Å²) in [5.74, 6) is 0.472. The van der Waals surface area contributed by atoms with Crippen LogP contribution < -0.4 is 21.2 Å². The number of hydrazine groups is 1. The first-order chi connectivity index (χ1) is 23.7. The zero-order chi connectivity index (χ0) is 36.5. The molecular weight excluding hydrogens is 637 g/mol. The minimum Gasteiger partial charge on any atom is -0.494 e. The van der Waals surface area contributed by atoms with Gasteiger partial charge in [-0.2, -0.15) is 0 Å². The Morgan fingerprint density at radius 1 is 1.12 bits per heavy atom. The van der Waals surface area contributed by atoms with Crippen molar-refractivity contribution in [1.29, 1.82) is 0 Å². The van der Waals surface area contributed by atoms with Crippen molar-refractivity contribution in [3.05, 3.63) is 39.9 Å². The number of guanidine groups is 1. The minimum absolute atomic E-state index is 0.00751. The minimum atomic E-state index is -0.774. The van der Waals surface area contributed by atoms with Crippen molar-refractivity contribution >= 4 is 24.8 Å². The quantitative estimate of drug-likeness (QED) is 0.0358. The number of hydrogen-bond donors (Lipinski definition) is 3. The molecule has 1 aromatic rings. The van der Waals surface area contributed by atoms with Gasteiger partial charge >= 0.3 is 7.12 Å². The number of carbonyl (C=O) groups is 2. The van der Waals surface area contributed by atoms with Gasteiger partial charge in [-0.05, 0) is 86.3 Å². The van der Waals surface area contributed by atoms with Gasteiger partial charge in [0.05, 0.1) is 24.3 Å². The number of nitro groups is 1. The average molecular weight is 698 g/mol. The van der Waals surface area contributed by atoms with Crippen LogP contribution in [-0.4, -0.2) is 60.6 Å². The Balaban J connectivity index is 1.39. The van der Waals surface area contributed by atoms with Gasteiger partial charge in [0.2, 0.25) is 5.91 Å². The molecule has 0 aromatic heterocycles. The van der Waals surface area contributed by atoms with E-state index in [1.807, 2.05) is 29.7 Å². The van der Waals surface area contributed by atoms with Crippen LogP contribution in [0.1, 0.15) is 118 Å². The molecule has 0 unspecified atom stereocenters. The lowest BCUT2D eigenvalue weighted by molar-refractivity contribution is -0.525. The number of rotatable bonds is 21. The fourth-order valence-electron chi connectivity index (χ4n) is 8.28. The van der Waals surface area contributed by atoms with Gasteiger partial charge in [0.15, 0.2) is 5.03 Å². The maximum atomic E-state index is 14.0. The van der Waals surface area contributed by atoms with Crippen LogP contribution in [0.5, 0.6) is 5.75 Å². The Kier molecular flexibility index (Phi) is 14.1. The smallest absolute Gasteiger partial charge is 0.481 e. The van der Waals surface area contributed by atoms with Gasteiger partial charge in [-0.25, -0.2) is 15.1 Å². The Bertz CT molecular complexity index is 1330. The van der Waals surface area contributed by atoms with Gasteiger partial charge < -0.3 is 25.1 Å². The zero-order valence-corrected chi connectivity index (χ0v) is 31.1. The van der Waals surface area contributed by atoms with Crippen molar-refractivity contribution in [3.63, 3.8) is 0 Å². The van der Waals surface area contributed by atoms with E-state index in [1.54, 1.807) is 0 Å². The molecule has 6 atom stereocenters. The molecule has 1 aromatic carbocycles. The number of carbonyl (C=O) groups excluding carboxylic acids is 2. The number of benzene rings is 1. The third-order valence-electron chi connectivity index (χ3n) is 11.2. The van der Waals surface area contributed by atoms with Gasteiger partial charge in [-0.3, -0.25) is 9.59 Å². The van der Waals surface area contributed by atoms with Crippen molar-refractivity contribution in [2.24, 2.45) is 39.8 Å². The van der Waals surface area contributed by atoms with E-state index < -0.39 is 23.7 Å². The van der Waals surface area contributed by atoms with Crippen molar-refractivity contribution in [2.75, 3.05) is 13.2 Å². The number of Topliss-reactive ketones (excluding diaryl/α,β-unsaturated/α-hetero) is 1. The zero-order valence-electron chi connectivity index (χ0n) is 31.1. The highest BCUT2D eigenvalue weighted by atomic mass is 16.7. The molecule has 2 bridgehead atoms. The molecule has 4 N–H and O–H groups in total. The third-order valence-corrected chi connectivity index (χ3v) is 11.2. The number of nitrogens with one attached hydrogen (secondary N) is 2. The first-order valence-corrected chi connectivity index (χ1v) is 18.8. The summed E-state index contributed by atoms with van der Waals surface area (Å²) in [6, 6.07) is 7.58. The number of ketones is 1. The summed E-state index contributed by atoms with van der Waals surface area (Å²) in [5, 5.41) is 13.1. The van der Waals surface area contributed by atoms with Gasteiger partial charge in [0.1, 0.15) is 11.5 Å².